The Hall–Kier alpha value is -1.42. The van der Waals surface area contributed by atoms with Gasteiger partial charge in [-0.3, -0.25) is 0 Å². The average molecular weight is 394 g/mol. The van der Waals surface area contributed by atoms with E-state index in [1.807, 2.05) is 48.5 Å². The van der Waals surface area contributed by atoms with Crippen LogP contribution < -0.4 is 15.9 Å². The smallest absolute Gasteiger partial charge is 0.166 e. The second-order valence-electron chi connectivity index (χ2n) is 5.39. The van der Waals surface area contributed by atoms with Crippen LogP contribution in [0.4, 0.5) is 13.2 Å². The standard InChI is InChI=1S/C19H14F3PS2/c20-19(21,22)17-9-1-2-10-18(17)23(13-5-3-7-15(24)11-13)14-6-4-8-16(25)12-14/h1-12,24-25H. The molecule has 0 fully saturated rings. The summed E-state index contributed by atoms with van der Waals surface area (Å²) in [6.45, 7) is 0. The van der Waals surface area contributed by atoms with Gasteiger partial charge >= 0.3 is 6.18 Å². The summed E-state index contributed by atoms with van der Waals surface area (Å²) in [5, 5.41) is 1.92. The molecule has 0 unspecified atom stereocenters. The molecular weight excluding hydrogens is 380 g/mol. The minimum absolute atomic E-state index is 0.280. The normalized spacial score (nSPS) is 11.8. The van der Waals surface area contributed by atoms with Crippen molar-refractivity contribution < 1.29 is 13.2 Å². The number of benzene rings is 3. The molecule has 0 saturated heterocycles. The van der Waals surface area contributed by atoms with Crippen LogP contribution in [0.5, 0.6) is 0 Å². The van der Waals surface area contributed by atoms with Gasteiger partial charge in [0, 0.05) is 9.79 Å². The molecule has 0 aliphatic heterocycles. The Morgan fingerprint density at radius 2 is 1.20 bits per heavy atom. The summed E-state index contributed by atoms with van der Waals surface area (Å²) in [5.74, 6) is 0. The highest BCUT2D eigenvalue weighted by molar-refractivity contribution is 7.81. The molecule has 0 heterocycles. The number of halogens is 3. The van der Waals surface area contributed by atoms with E-state index in [4.69, 9.17) is 0 Å². The molecule has 0 atom stereocenters. The molecule has 0 aliphatic carbocycles. The molecule has 0 aliphatic rings. The molecular formula is C19H14F3PS2. The Morgan fingerprint density at radius 3 is 1.68 bits per heavy atom. The van der Waals surface area contributed by atoms with Crippen molar-refractivity contribution in [2.45, 2.75) is 16.0 Å². The topological polar surface area (TPSA) is 0 Å². The van der Waals surface area contributed by atoms with Gasteiger partial charge in [0.15, 0.2) is 0 Å². The van der Waals surface area contributed by atoms with Crippen LogP contribution in [0.1, 0.15) is 5.56 Å². The quantitative estimate of drug-likeness (QED) is 0.451. The van der Waals surface area contributed by atoms with E-state index in [1.54, 1.807) is 12.1 Å². The first-order valence-corrected chi connectivity index (χ1v) is 9.64. The van der Waals surface area contributed by atoms with Gasteiger partial charge in [-0.05, 0) is 54.2 Å². The molecule has 3 aromatic carbocycles. The predicted octanol–water partition coefficient (Wildman–Crippen LogP) is 5.04. The summed E-state index contributed by atoms with van der Waals surface area (Å²) in [4.78, 5) is 1.44. The van der Waals surface area contributed by atoms with Gasteiger partial charge in [-0.1, -0.05) is 42.5 Å². The Kier molecular flexibility index (Phi) is 5.47. The van der Waals surface area contributed by atoms with Gasteiger partial charge in [0.05, 0.1) is 5.56 Å². The van der Waals surface area contributed by atoms with E-state index in [1.165, 1.54) is 6.07 Å². The largest absolute Gasteiger partial charge is 0.417 e. The lowest BCUT2D eigenvalue weighted by atomic mass is 10.2. The van der Waals surface area contributed by atoms with E-state index in [9.17, 15) is 13.2 Å². The third kappa shape index (κ3) is 4.22. The number of thiol groups is 2. The lowest BCUT2D eigenvalue weighted by Crippen LogP contribution is -2.27. The van der Waals surface area contributed by atoms with E-state index in [0.717, 1.165) is 26.5 Å². The zero-order valence-electron chi connectivity index (χ0n) is 12.9. The van der Waals surface area contributed by atoms with Gasteiger partial charge < -0.3 is 0 Å². The van der Waals surface area contributed by atoms with Crippen molar-refractivity contribution in [1.82, 2.24) is 0 Å². The van der Waals surface area contributed by atoms with Gasteiger partial charge in [-0.15, -0.1) is 25.3 Å². The van der Waals surface area contributed by atoms with E-state index in [0.29, 0.717) is 0 Å². The highest BCUT2D eigenvalue weighted by Crippen LogP contribution is 2.39. The third-order valence-electron chi connectivity index (χ3n) is 3.63. The zero-order chi connectivity index (χ0) is 18.0. The number of alkyl halides is 3. The molecule has 0 N–H and O–H groups in total. The summed E-state index contributed by atoms with van der Waals surface area (Å²) in [6, 6.07) is 20.4. The Morgan fingerprint density at radius 1 is 0.680 bits per heavy atom. The molecule has 128 valence electrons. The van der Waals surface area contributed by atoms with Crippen molar-refractivity contribution in [3.05, 3.63) is 78.4 Å². The van der Waals surface area contributed by atoms with Crippen LogP contribution >= 0.6 is 33.2 Å². The fourth-order valence-electron chi connectivity index (χ4n) is 2.60. The molecule has 3 rings (SSSR count). The van der Waals surface area contributed by atoms with Crippen LogP contribution in [0.15, 0.2) is 82.6 Å². The molecule has 0 amide bonds. The van der Waals surface area contributed by atoms with E-state index >= 15 is 0 Å². The maximum Gasteiger partial charge on any atom is 0.417 e. The monoisotopic (exact) mass is 394 g/mol. The fraction of sp³-hybridized carbons (Fsp3) is 0.0526. The van der Waals surface area contributed by atoms with Crippen molar-refractivity contribution in [2.24, 2.45) is 0 Å². The molecule has 25 heavy (non-hydrogen) atoms. The van der Waals surface area contributed by atoms with E-state index < -0.39 is 19.7 Å². The lowest BCUT2D eigenvalue weighted by Gasteiger charge is -2.23. The van der Waals surface area contributed by atoms with Crippen molar-refractivity contribution in [3.8, 4) is 0 Å². The van der Waals surface area contributed by atoms with E-state index in [2.05, 4.69) is 25.3 Å². The van der Waals surface area contributed by atoms with Crippen molar-refractivity contribution >= 4 is 49.1 Å². The van der Waals surface area contributed by atoms with Crippen LogP contribution in [-0.4, -0.2) is 0 Å². The number of hydrogen-bond acceptors (Lipinski definition) is 2. The minimum Gasteiger partial charge on any atom is -0.166 e. The van der Waals surface area contributed by atoms with Crippen LogP contribution in [0.2, 0.25) is 0 Å². The average Bonchev–Trinajstić information content (AvgIpc) is 2.55. The molecule has 0 spiro atoms. The highest BCUT2D eigenvalue weighted by Gasteiger charge is 2.35. The van der Waals surface area contributed by atoms with Crippen LogP contribution in [0.25, 0.3) is 0 Å². The van der Waals surface area contributed by atoms with Crippen molar-refractivity contribution in [1.29, 1.82) is 0 Å². The lowest BCUT2D eigenvalue weighted by molar-refractivity contribution is -0.136. The predicted molar refractivity (Wildman–Crippen MR) is 105 cm³/mol. The second-order valence-corrected chi connectivity index (χ2v) is 8.61. The van der Waals surface area contributed by atoms with Gasteiger partial charge in [-0.25, -0.2) is 0 Å². The second kappa shape index (κ2) is 7.45. The molecule has 0 bridgehead atoms. The van der Waals surface area contributed by atoms with Crippen LogP contribution in [0.3, 0.4) is 0 Å². The third-order valence-corrected chi connectivity index (χ3v) is 6.64. The maximum absolute atomic E-state index is 13.6. The maximum atomic E-state index is 13.6. The Labute approximate surface area is 156 Å². The molecule has 6 heteroatoms. The van der Waals surface area contributed by atoms with Gasteiger partial charge in [0.25, 0.3) is 0 Å². The SMILES string of the molecule is FC(F)(F)c1ccccc1P(c1cccc(S)c1)c1cccc(S)c1. The summed E-state index contributed by atoms with van der Waals surface area (Å²) < 4.78 is 40.7. The zero-order valence-corrected chi connectivity index (χ0v) is 15.6. The van der Waals surface area contributed by atoms with Crippen molar-refractivity contribution in [3.63, 3.8) is 0 Å². The van der Waals surface area contributed by atoms with Gasteiger partial charge in [-0.2, -0.15) is 13.2 Å². The molecule has 0 nitrogen and oxygen atoms in total. The van der Waals surface area contributed by atoms with Gasteiger partial charge in [0.2, 0.25) is 0 Å². The summed E-state index contributed by atoms with van der Waals surface area (Å²) in [7, 11) is -1.38. The molecule has 0 radical (unpaired) electrons. The fourth-order valence-corrected chi connectivity index (χ4v) is 5.79. The number of hydrogen-bond donors (Lipinski definition) is 2. The van der Waals surface area contributed by atoms with Crippen molar-refractivity contribution in [2.75, 3.05) is 0 Å². The highest BCUT2D eigenvalue weighted by atomic mass is 32.1. The number of rotatable bonds is 3. The minimum atomic E-state index is -4.41. The van der Waals surface area contributed by atoms with E-state index in [-0.39, 0.29) is 5.30 Å². The summed E-state index contributed by atoms with van der Waals surface area (Å²) in [6.07, 6.45) is -4.41. The first-order chi connectivity index (χ1) is 11.9. The van der Waals surface area contributed by atoms with Crippen LogP contribution in [-0.2, 0) is 6.18 Å². The summed E-state index contributed by atoms with van der Waals surface area (Å²) >= 11 is 8.70. The summed E-state index contributed by atoms with van der Waals surface area (Å²) in [5.41, 5.74) is -0.602. The molecule has 3 aromatic rings. The first-order valence-electron chi connectivity index (χ1n) is 7.41. The molecule has 0 aromatic heterocycles. The molecule has 0 saturated carbocycles. The van der Waals surface area contributed by atoms with Crippen LogP contribution in [0, 0.1) is 0 Å². The Bertz CT molecular complexity index is 848. The Balaban J connectivity index is 2.26. The first kappa shape index (κ1) is 18.4. The van der Waals surface area contributed by atoms with Gasteiger partial charge in [0.1, 0.15) is 0 Å².